The van der Waals surface area contributed by atoms with Gasteiger partial charge in [0, 0.05) is 19.5 Å². The van der Waals surface area contributed by atoms with Crippen LogP contribution in [0.1, 0.15) is 12.0 Å². The standard InChI is InChI=1S/C21H24ClN3O2S.ClH/c1-24(2)13-14-25(18(26)12-9-15-7-5-4-6-8-15)21-23-19-17(27-3)11-10-16(22)20(19)28-21;/h4-8,10-11H,9,12-14H2,1-3H3;1H. The maximum atomic E-state index is 13.1. The van der Waals surface area contributed by atoms with E-state index in [9.17, 15) is 4.79 Å². The maximum absolute atomic E-state index is 13.1. The van der Waals surface area contributed by atoms with Crippen LogP contribution in [0.25, 0.3) is 10.2 Å². The van der Waals surface area contributed by atoms with Gasteiger partial charge in [0.25, 0.3) is 0 Å². The number of aryl methyl sites for hydroxylation is 1. The van der Waals surface area contributed by atoms with Crippen LogP contribution < -0.4 is 9.64 Å². The summed E-state index contributed by atoms with van der Waals surface area (Å²) in [5.74, 6) is 0.714. The third-order valence-corrected chi connectivity index (χ3v) is 5.98. The molecular formula is C21H25Cl2N3O2S. The van der Waals surface area contributed by atoms with Gasteiger partial charge < -0.3 is 9.64 Å². The second-order valence-corrected chi connectivity index (χ2v) is 8.14. The highest BCUT2D eigenvalue weighted by atomic mass is 35.5. The molecular weight excluding hydrogens is 429 g/mol. The third-order valence-electron chi connectivity index (χ3n) is 4.44. The van der Waals surface area contributed by atoms with E-state index in [0.29, 0.717) is 40.8 Å². The summed E-state index contributed by atoms with van der Waals surface area (Å²) < 4.78 is 6.25. The molecule has 0 aliphatic heterocycles. The summed E-state index contributed by atoms with van der Waals surface area (Å²) in [6, 6.07) is 13.6. The van der Waals surface area contributed by atoms with Gasteiger partial charge in [0.15, 0.2) is 5.13 Å². The Labute approximate surface area is 186 Å². The molecule has 0 atom stereocenters. The number of anilines is 1. The Hall–Kier alpha value is -1.86. The van der Waals surface area contributed by atoms with Gasteiger partial charge in [-0.3, -0.25) is 9.69 Å². The lowest BCUT2D eigenvalue weighted by Crippen LogP contribution is -2.36. The number of fused-ring (bicyclic) bond motifs is 1. The van der Waals surface area contributed by atoms with Crippen molar-refractivity contribution in [3.8, 4) is 5.75 Å². The topological polar surface area (TPSA) is 45.7 Å². The fraction of sp³-hybridized carbons (Fsp3) is 0.333. The summed E-state index contributed by atoms with van der Waals surface area (Å²) in [6.07, 6.45) is 1.13. The molecule has 156 valence electrons. The zero-order chi connectivity index (χ0) is 20.1. The normalized spacial score (nSPS) is 10.8. The van der Waals surface area contributed by atoms with Gasteiger partial charge >= 0.3 is 0 Å². The van der Waals surface area contributed by atoms with Crippen molar-refractivity contribution in [1.82, 2.24) is 9.88 Å². The molecule has 1 amide bonds. The van der Waals surface area contributed by atoms with Crippen molar-refractivity contribution in [1.29, 1.82) is 0 Å². The molecule has 1 heterocycles. The molecule has 0 spiro atoms. The van der Waals surface area contributed by atoms with Crippen LogP contribution in [0.3, 0.4) is 0 Å². The molecule has 8 heteroatoms. The van der Waals surface area contributed by atoms with Crippen molar-refractivity contribution in [3.63, 3.8) is 0 Å². The second-order valence-electron chi connectivity index (χ2n) is 6.76. The fourth-order valence-corrected chi connectivity index (χ4v) is 4.18. The molecule has 2 aromatic carbocycles. The number of aromatic nitrogens is 1. The Morgan fingerprint density at radius 3 is 2.52 bits per heavy atom. The number of amides is 1. The number of thiazole rings is 1. The average Bonchev–Trinajstić information content (AvgIpc) is 3.13. The highest BCUT2D eigenvalue weighted by Crippen LogP contribution is 2.38. The van der Waals surface area contributed by atoms with E-state index < -0.39 is 0 Å². The molecule has 3 rings (SSSR count). The molecule has 0 N–H and O–H groups in total. The molecule has 0 aliphatic carbocycles. The van der Waals surface area contributed by atoms with Crippen LogP contribution in [0.5, 0.6) is 5.75 Å². The third kappa shape index (κ3) is 5.82. The molecule has 0 saturated carbocycles. The highest BCUT2D eigenvalue weighted by molar-refractivity contribution is 7.23. The largest absolute Gasteiger partial charge is 0.494 e. The zero-order valence-corrected chi connectivity index (χ0v) is 19.1. The quantitative estimate of drug-likeness (QED) is 0.486. The first-order valence-corrected chi connectivity index (χ1v) is 10.3. The fourth-order valence-electron chi connectivity index (χ4n) is 2.88. The number of ether oxygens (including phenoxy) is 1. The number of rotatable bonds is 8. The minimum atomic E-state index is 0. The number of likely N-dealkylation sites (N-methyl/N-ethyl adjacent to an activating group) is 1. The first-order valence-electron chi connectivity index (χ1n) is 9.11. The van der Waals surface area contributed by atoms with E-state index in [1.807, 2.05) is 44.4 Å². The Bertz CT molecular complexity index is 948. The number of methoxy groups -OCH3 is 1. The molecule has 0 aliphatic rings. The number of carbonyl (C=O) groups excluding carboxylic acids is 1. The highest BCUT2D eigenvalue weighted by Gasteiger charge is 2.22. The Balaban J connectivity index is 0.00000300. The van der Waals surface area contributed by atoms with E-state index in [2.05, 4.69) is 4.90 Å². The first kappa shape index (κ1) is 23.4. The lowest BCUT2D eigenvalue weighted by molar-refractivity contribution is -0.118. The summed E-state index contributed by atoms with van der Waals surface area (Å²) >= 11 is 7.78. The maximum Gasteiger partial charge on any atom is 0.229 e. The number of halogens is 2. The van der Waals surface area contributed by atoms with Gasteiger partial charge in [-0.2, -0.15) is 0 Å². The van der Waals surface area contributed by atoms with E-state index in [-0.39, 0.29) is 18.3 Å². The van der Waals surface area contributed by atoms with Gasteiger partial charge in [-0.1, -0.05) is 53.3 Å². The average molecular weight is 454 g/mol. The summed E-state index contributed by atoms with van der Waals surface area (Å²) in [5.41, 5.74) is 1.85. The van der Waals surface area contributed by atoms with Crippen LogP contribution in [0, 0.1) is 0 Å². The lowest BCUT2D eigenvalue weighted by Gasteiger charge is -2.22. The number of hydrogen-bond acceptors (Lipinski definition) is 5. The molecule has 1 aromatic heterocycles. The number of carbonyl (C=O) groups is 1. The van der Waals surface area contributed by atoms with E-state index in [1.165, 1.54) is 11.3 Å². The Morgan fingerprint density at radius 1 is 1.14 bits per heavy atom. The smallest absolute Gasteiger partial charge is 0.229 e. The minimum absolute atomic E-state index is 0. The summed E-state index contributed by atoms with van der Waals surface area (Å²) in [5, 5.41) is 1.27. The summed E-state index contributed by atoms with van der Waals surface area (Å²) in [6.45, 7) is 1.32. The van der Waals surface area contributed by atoms with Crippen LogP contribution in [0.15, 0.2) is 42.5 Å². The lowest BCUT2D eigenvalue weighted by atomic mass is 10.1. The molecule has 29 heavy (non-hydrogen) atoms. The van der Waals surface area contributed by atoms with Crippen LogP contribution >= 0.6 is 35.3 Å². The van der Waals surface area contributed by atoms with Crippen molar-refractivity contribution < 1.29 is 9.53 Å². The first-order chi connectivity index (χ1) is 13.5. The Kier molecular flexibility index (Phi) is 8.71. The number of nitrogens with zero attached hydrogens (tertiary/aromatic N) is 3. The van der Waals surface area contributed by atoms with E-state index >= 15 is 0 Å². The number of hydrogen-bond donors (Lipinski definition) is 0. The number of benzene rings is 2. The van der Waals surface area contributed by atoms with E-state index in [1.54, 1.807) is 24.1 Å². The second kappa shape index (κ2) is 10.8. The van der Waals surface area contributed by atoms with Crippen molar-refractivity contribution in [2.75, 3.05) is 39.2 Å². The van der Waals surface area contributed by atoms with Gasteiger partial charge in [-0.25, -0.2) is 4.98 Å². The predicted octanol–water partition coefficient (Wildman–Crippen LogP) is 4.91. The van der Waals surface area contributed by atoms with Crippen molar-refractivity contribution in [3.05, 3.63) is 53.1 Å². The van der Waals surface area contributed by atoms with Crippen molar-refractivity contribution in [2.45, 2.75) is 12.8 Å². The van der Waals surface area contributed by atoms with Gasteiger partial charge in [-0.15, -0.1) is 12.4 Å². The summed E-state index contributed by atoms with van der Waals surface area (Å²) in [7, 11) is 5.59. The molecule has 3 aromatic rings. The predicted molar refractivity (Wildman–Crippen MR) is 124 cm³/mol. The molecule has 0 radical (unpaired) electrons. The van der Waals surface area contributed by atoms with Crippen LogP contribution in [0.2, 0.25) is 5.02 Å². The van der Waals surface area contributed by atoms with Crippen LogP contribution in [0.4, 0.5) is 5.13 Å². The molecule has 0 saturated heterocycles. The van der Waals surface area contributed by atoms with Crippen LogP contribution in [-0.4, -0.2) is 50.1 Å². The Morgan fingerprint density at radius 2 is 1.86 bits per heavy atom. The van der Waals surface area contributed by atoms with Gasteiger partial charge in [0.2, 0.25) is 5.91 Å². The van der Waals surface area contributed by atoms with Gasteiger partial charge in [0.05, 0.1) is 16.8 Å². The molecule has 5 nitrogen and oxygen atoms in total. The summed E-state index contributed by atoms with van der Waals surface area (Å²) in [4.78, 5) is 21.6. The molecule has 0 fully saturated rings. The van der Waals surface area contributed by atoms with Crippen LogP contribution in [-0.2, 0) is 11.2 Å². The van der Waals surface area contributed by atoms with Crippen molar-refractivity contribution in [2.24, 2.45) is 0 Å². The monoisotopic (exact) mass is 453 g/mol. The van der Waals surface area contributed by atoms with Crippen molar-refractivity contribution >= 4 is 56.6 Å². The van der Waals surface area contributed by atoms with Gasteiger partial charge in [-0.05, 0) is 38.2 Å². The zero-order valence-electron chi connectivity index (χ0n) is 16.7. The minimum Gasteiger partial charge on any atom is -0.494 e. The van der Waals surface area contributed by atoms with E-state index in [4.69, 9.17) is 21.3 Å². The SMILES string of the molecule is COc1ccc(Cl)c2sc(N(CCN(C)C)C(=O)CCc3ccccc3)nc12.Cl. The van der Waals surface area contributed by atoms with E-state index in [0.717, 1.165) is 16.8 Å². The molecule has 0 bridgehead atoms. The van der Waals surface area contributed by atoms with Gasteiger partial charge in [0.1, 0.15) is 11.3 Å². The molecule has 0 unspecified atom stereocenters.